The van der Waals surface area contributed by atoms with E-state index in [4.69, 9.17) is 0 Å². The molecule has 1 saturated heterocycles. The Morgan fingerprint density at radius 2 is 1.68 bits per heavy atom. The number of rotatable bonds is 6. The van der Waals surface area contributed by atoms with Crippen LogP contribution in [0.1, 0.15) is 28.1 Å². The highest BCUT2D eigenvalue weighted by molar-refractivity contribution is 14.1. The molecule has 0 bridgehead atoms. The monoisotopic (exact) mass is 542 g/mol. The second kappa shape index (κ2) is 9.44. The zero-order valence-electron chi connectivity index (χ0n) is 17.5. The number of benzene rings is 2. The number of aromatic nitrogens is 1. The van der Waals surface area contributed by atoms with Gasteiger partial charge in [-0.1, -0.05) is 42.5 Å². The van der Waals surface area contributed by atoms with Gasteiger partial charge in [-0.2, -0.15) is 0 Å². The highest BCUT2D eigenvalue weighted by Crippen LogP contribution is 2.34. The van der Waals surface area contributed by atoms with Crippen molar-refractivity contribution >= 4 is 51.6 Å². The minimum absolute atomic E-state index is 0.215. The van der Waals surface area contributed by atoms with Crippen LogP contribution in [0.4, 0.5) is 4.79 Å². The SMILES string of the molecule is Cc1cc(/C=C2\SC(=O)N(Cc3ccc(I)cc3)C2=O)c(C)n1CCc1ccccc1. The van der Waals surface area contributed by atoms with Crippen LogP contribution in [0, 0.1) is 17.4 Å². The van der Waals surface area contributed by atoms with Gasteiger partial charge in [0.2, 0.25) is 0 Å². The molecule has 4 nitrogen and oxygen atoms in total. The molecule has 1 fully saturated rings. The predicted molar refractivity (Wildman–Crippen MR) is 135 cm³/mol. The van der Waals surface area contributed by atoms with Crippen LogP contribution in [0.5, 0.6) is 0 Å². The second-order valence-electron chi connectivity index (χ2n) is 7.61. The molecule has 0 unspecified atom stereocenters. The summed E-state index contributed by atoms with van der Waals surface area (Å²) in [7, 11) is 0. The molecular weight excluding hydrogens is 519 g/mol. The van der Waals surface area contributed by atoms with E-state index in [1.165, 1.54) is 10.5 Å². The smallest absolute Gasteiger partial charge is 0.293 e. The Hall–Kier alpha value is -2.32. The third-order valence-corrected chi connectivity index (χ3v) is 7.12. The lowest BCUT2D eigenvalue weighted by molar-refractivity contribution is -0.123. The maximum Gasteiger partial charge on any atom is 0.293 e. The van der Waals surface area contributed by atoms with Crippen molar-refractivity contribution in [1.29, 1.82) is 0 Å². The molecule has 0 atom stereocenters. The minimum Gasteiger partial charge on any atom is -0.348 e. The van der Waals surface area contributed by atoms with E-state index < -0.39 is 0 Å². The summed E-state index contributed by atoms with van der Waals surface area (Å²) in [4.78, 5) is 27.2. The van der Waals surface area contributed by atoms with Gasteiger partial charge in [-0.15, -0.1) is 0 Å². The summed E-state index contributed by atoms with van der Waals surface area (Å²) >= 11 is 3.26. The van der Waals surface area contributed by atoms with Crippen molar-refractivity contribution in [2.75, 3.05) is 0 Å². The third kappa shape index (κ3) is 4.96. The molecular formula is C25H23IN2O2S. The Morgan fingerprint density at radius 3 is 2.39 bits per heavy atom. The van der Waals surface area contributed by atoms with Gasteiger partial charge in [0, 0.05) is 21.5 Å². The zero-order chi connectivity index (χ0) is 22.0. The van der Waals surface area contributed by atoms with Gasteiger partial charge in [0.25, 0.3) is 11.1 Å². The summed E-state index contributed by atoms with van der Waals surface area (Å²) in [5.74, 6) is -0.220. The highest BCUT2D eigenvalue weighted by atomic mass is 127. The number of hydrogen-bond donors (Lipinski definition) is 0. The van der Waals surface area contributed by atoms with E-state index in [0.717, 1.165) is 50.8 Å². The summed E-state index contributed by atoms with van der Waals surface area (Å²) in [6.45, 7) is 5.33. The van der Waals surface area contributed by atoms with Crippen LogP contribution >= 0.6 is 34.4 Å². The van der Waals surface area contributed by atoms with E-state index in [1.54, 1.807) is 0 Å². The first-order valence-corrected chi connectivity index (χ1v) is 12.0. The quantitative estimate of drug-likeness (QED) is 0.276. The van der Waals surface area contributed by atoms with Crippen molar-refractivity contribution < 1.29 is 9.59 Å². The Kier molecular flexibility index (Phi) is 6.67. The molecule has 0 saturated carbocycles. The molecule has 0 radical (unpaired) electrons. The van der Waals surface area contributed by atoms with Gasteiger partial charge >= 0.3 is 0 Å². The third-order valence-electron chi connectivity index (χ3n) is 5.49. The lowest BCUT2D eigenvalue weighted by atomic mass is 10.1. The summed E-state index contributed by atoms with van der Waals surface area (Å²) in [6.07, 6.45) is 2.81. The van der Waals surface area contributed by atoms with E-state index in [1.807, 2.05) is 36.4 Å². The highest BCUT2D eigenvalue weighted by Gasteiger charge is 2.35. The van der Waals surface area contributed by atoms with Gasteiger partial charge in [0.05, 0.1) is 11.4 Å². The van der Waals surface area contributed by atoms with Crippen LogP contribution in [0.2, 0.25) is 0 Å². The van der Waals surface area contributed by atoms with Crippen molar-refractivity contribution in [3.63, 3.8) is 0 Å². The van der Waals surface area contributed by atoms with Gasteiger partial charge in [-0.3, -0.25) is 14.5 Å². The van der Waals surface area contributed by atoms with Gasteiger partial charge in [0.1, 0.15) is 0 Å². The molecule has 4 rings (SSSR count). The first kappa shape index (κ1) is 21.9. The molecule has 2 aromatic carbocycles. The molecule has 31 heavy (non-hydrogen) atoms. The fourth-order valence-electron chi connectivity index (χ4n) is 3.75. The van der Waals surface area contributed by atoms with Gasteiger partial charge < -0.3 is 4.57 Å². The summed E-state index contributed by atoms with van der Waals surface area (Å²) in [5.41, 5.74) is 5.50. The Labute approximate surface area is 200 Å². The molecule has 1 aromatic heterocycles. The molecule has 1 aliphatic heterocycles. The average Bonchev–Trinajstić information content (AvgIpc) is 3.18. The largest absolute Gasteiger partial charge is 0.348 e. The fourth-order valence-corrected chi connectivity index (χ4v) is 4.94. The van der Waals surface area contributed by atoms with E-state index in [2.05, 4.69) is 71.3 Å². The van der Waals surface area contributed by atoms with Crippen LogP contribution in [-0.4, -0.2) is 20.6 Å². The molecule has 6 heteroatoms. The lowest BCUT2D eigenvalue weighted by Gasteiger charge is -2.12. The van der Waals surface area contributed by atoms with Crippen LogP contribution in [-0.2, 0) is 24.3 Å². The van der Waals surface area contributed by atoms with Crippen LogP contribution < -0.4 is 0 Å². The number of carbonyl (C=O) groups is 2. The number of imide groups is 1. The van der Waals surface area contributed by atoms with E-state index in [9.17, 15) is 9.59 Å². The zero-order valence-corrected chi connectivity index (χ0v) is 20.4. The van der Waals surface area contributed by atoms with Gasteiger partial charge in [0.15, 0.2) is 0 Å². The number of carbonyl (C=O) groups excluding carboxylic acids is 2. The molecule has 0 N–H and O–H groups in total. The lowest BCUT2D eigenvalue weighted by Crippen LogP contribution is -2.27. The van der Waals surface area contributed by atoms with E-state index >= 15 is 0 Å². The van der Waals surface area contributed by atoms with Crippen molar-refractivity contribution in [2.24, 2.45) is 0 Å². The van der Waals surface area contributed by atoms with Crippen LogP contribution in [0.15, 0.2) is 65.6 Å². The molecule has 2 amide bonds. The first-order valence-electron chi connectivity index (χ1n) is 10.1. The van der Waals surface area contributed by atoms with Gasteiger partial charge in [-0.05, 0) is 95.6 Å². The summed E-state index contributed by atoms with van der Waals surface area (Å²) in [6, 6.07) is 20.4. The Bertz CT molecular complexity index is 1150. The van der Waals surface area contributed by atoms with Gasteiger partial charge in [-0.25, -0.2) is 0 Å². The van der Waals surface area contributed by atoms with Crippen LogP contribution in [0.25, 0.3) is 6.08 Å². The first-order chi connectivity index (χ1) is 14.9. The molecule has 1 aliphatic rings. The van der Waals surface area contributed by atoms with Crippen molar-refractivity contribution in [1.82, 2.24) is 9.47 Å². The summed E-state index contributed by atoms with van der Waals surface area (Å²) < 4.78 is 3.40. The standard InChI is InChI=1S/C25H23IN2O2S/c1-17-14-21(18(2)27(17)13-12-19-6-4-3-5-7-19)15-23-24(29)28(25(30)31-23)16-20-8-10-22(26)11-9-20/h3-11,14-15H,12-13,16H2,1-2H3/b23-15-. The Morgan fingerprint density at radius 1 is 0.968 bits per heavy atom. The Balaban J connectivity index is 1.51. The number of aryl methyl sites for hydroxylation is 2. The maximum absolute atomic E-state index is 12.9. The normalized spacial score (nSPS) is 15.3. The molecule has 2 heterocycles. The predicted octanol–water partition coefficient (Wildman–Crippen LogP) is 6.19. The van der Waals surface area contributed by atoms with Crippen LogP contribution in [0.3, 0.4) is 0 Å². The molecule has 0 spiro atoms. The maximum atomic E-state index is 12.9. The number of halogens is 1. The topological polar surface area (TPSA) is 42.3 Å². The number of thioether (sulfide) groups is 1. The van der Waals surface area contributed by atoms with Crippen molar-refractivity contribution in [2.45, 2.75) is 33.4 Å². The second-order valence-corrected chi connectivity index (χ2v) is 9.85. The molecule has 3 aromatic rings. The molecule has 158 valence electrons. The van der Waals surface area contributed by atoms with E-state index in [-0.39, 0.29) is 11.1 Å². The number of nitrogens with zero attached hydrogens (tertiary/aromatic N) is 2. The molecule has 0 aliphatic carbocycles. The fraction of sp³-hybridized carbons (Fsp3) is 0.200. The minimum atomic E-state index is -0.220. The average molecular weight is 542 g/mol. The summed E-state index contributed by atoms with van der Waals surface area (Å²) in [5, 5.41) is -0.215. The number of hydrogen-bond acceptors (Lipinski definition) is 3. The van der Waals surface area contributed by atoms with Crippen molar-refractivity contribution in [3.05, 3.63) is 97.2 Å². The van der Waals surface area contributed by atoms with E-state index in [0.29, 0.717) is 11.4 Å². The van der Waals surface area contributed by atoms with Crippen molar-refractivity contribution in [3.8, 4) is 0 Å². The number of amides is 2.